The zero-order valence-electron chi connectivity index (χ0n) is 6.53. The molecular formula is C9H6O4. The average Bonchev–Trinajstić information content (AvgIpc) is 2.33. The first-order valence-electron chi connectivity index (χ1n) is 3.44. The van der Waals surface area contributed by atoms with E-state index in [9.17, 15) is 14.4 Å². The Morgan fingerprint density at radius 1 is 0.692 bits per heavy atom. The zero-order chi connectivity index (χ0) is 8.72. The van der Waals surface area contributed by atoms with Crippen LogP contribution in [0, 0.1) is 0 Å². The Kier molecular flexibility index (Phi) is 2.08. The summed E-state index contributed by atoms with van der Waals surface area (Å²) in [7, 11) is 0. The van der Waals surface area contributed by atoms with E-state index in [4.69, 9.17) is 0 Å². The van der Waals surface area contributed by atoms with E-state index in [0.29, 0.717) is 0 Å². The monoisotopic (exact) mass is 178 g/mol. The van der Waals surface area contributed by atoms with Crippen molar-refractivity contribution in [2.45, 2.75) is 0 Å². The van der Waals surface area contributed by atoms with Gasteiger partial charge in [-0.2, -0.15) is 0 Å². The molecule has 4 heteroatoms. The maximum atomic E-state index is 11.0. The van der Waals surface area contributed by atoms with Crippen molar-refractivity contribution in [3.05, 3.63) is 54.9 Å². The summed E-state index contributed by atoms with van der Waals surface area (Å²) in [5.74, 6) is 0. The minimum atomic E-state index is -0.920. The molecular weight excluding hydrogens is 172 g/mol. The number of hydrogen-bond acceptors (Lipinski definition) is 3. The molecule has 0 aliphatic rings. The second-order valence-corrected chi connectivity index (χ2v) is 2.53. The molecule has 0 bridgehead atoms. The maximum absolute atomic E-state index is 11.0. The molecule has 13 heavy (non-hydrogen) atoms. The first-order chi connectivity index (χ1) is 5.72. The van der Waals surface area contributed by atoms with Crippen molar-refractivity contribution in [1.29, 1.82) is 0 Å². The van der Waals surface area contributed by atoms with Gasteiger partial charge in [0.1, 0.15) is 0 Å². The molecule has 0 aliphatic heterocycles. The summed E-state index contributed by atoms with van der Waals surface area (Å²) in [6.07, 6.45) is 0. The van der Waals surface area contributed by atoms with E-state index in [1.807, 2.05) is 0 Å². The van der Waals surface area contributed by atoms with E-state index in [2.05, 4.69) is 0 Å². The molecule has 0 saturated carbocycles. The van der Waals surface area contributed by atoms with Crippen LogP contribution in [0.2, 0.25) is 0 Å². The summed E-state index contributed by atoms with van der Waals surface area (Å²) < 4.78 is 0. The van der Waals surface area contributed by atoms with Crippen LogP contribution >= 0.6 is 0 Å². The standard InChI is InChI=1S/C9H4O3.H2O/c10-7-5-3-1-2-4-6(5)8(11)9(7)12;/h1-4H;1H2. The van der Waals surface area contributed by atoms with E-state index in [0.717, 1.165) is 0 Å². The fourth-order valence-corrected chi connectivity index (χ4v) is 1.23. The number of hydrogen-bond donors (Lipinski definition) is 0. The molecule has 0 radical (unpaired) electrons. The Hall–Kier alpha value is -1.81. The summed E-state index contributed by atoms with van der Waals surface area (Å²) in [6, 6.07) is 6.23. The lowest BCUT2D eigenvalue weighted by Crippen LogP contribution is -2.29. The topological polar surface area (TPSA) is 82.7 Å². The van der Waals surface area contributed by atoms with Gasteiger partial charge in [-0.05, 0) is 0 Å². The smallest absolute Gasteiger partial charge is 0.273 e. The fourth-order valence-electron chi connectivity index (χ4n) is 1.23. The highest BCUT2D eigenvalue weighted by Gasteiger charge is 2.09. The highest BCUT2D eigenvalue weighted by atomic mass is 16.2. The number of rotatable bonds is 0. The Labute approximate surface area is 72.1 Å². The lowest BCUT2D eigenvalue weighted by molar-refractivity contribution is 0.824. The highest BCUT2D eigenvalue weighted by molar-refractivity contribution is 5.83. The van der Waals surface area contributed by atoms with E-state index < -0.39 is 16.3 Å². The molecule has 66 valence electrons. The van der Waals surface area contributed by atoms with Crippen molar-refractivity contribution in [1.82, 2.24) is 0 Å². The normalized spacial score (nSPS) is 9.85. The van der Waals surface area contributed by atoms with Crippen molar-refractivity contribution in [3.8, 4) is 0 Å². The summed E-state index contributed by atoms with van der Waals surface area (Å²) >= 11 is 0. The van der Waals surface area contributed by atoms with Crippen LogP contribution in [0.25, 0.3) is 10.8 Å². The van der Waals surface area contributed by atoms with Gasteiger partial charge in [-0.25, -0.2) is 0 Å². The molecule has 0 aromatic heterocycles. The Bertz CT molecular complexity index is 526. The third-order valence-electron chi connectivity index (χ3n) is 1.83. The molecule has 0 spiro atoms. The molecule has 4 nitrogen and oxygen atoms in total. The van der Waals surface area contributed by atoms with E-state index >= 15 is 0 Å². The van der Waals surface area contributed by atoms with Crippen LogP contribution in [0.5, 0.6) is 0 Å². The predicted octanol–water partition coefficient (Wildman–Crippen LogP) is -1.03. The van der Waals surface area contributed by atoms with Gasteiger partial charge in [0.2, 0.25) is 10.9 Å². The van der Waals surface area contributed by atoms with Gasteiger partial charge in [-0.15, -0.1) is 0 Å². The first kappa shape index (κ1) is 9.28. The van der Waals surface area contributed by atoms with Gasteiger partial charge >= 0.3 is 0 Å². The van der Waals surface area contributed by atoms with Gasteiger partial charge in [-0.1, -0.05) is 24.3 Å². The number of fused-ring (bicyclic) bond motifs is 1. The minimum absolute atomic E-state index is 0. The van der Waals surface area contributed by atoms with Crippen molar-refractivity contribution in [2.75, 3.05) is 0 Å². The lowest BCUT2D eigenvalue weighted by Gasteiger charge is -1.81. The zero-order valence-corrected chi connectivity index (χ0v) is 6.53. The third-order valence-corrected chi connectivity index (χ3v) is 1.83. The van der Waals surface area contributed by atoms with Gasteiger partial charge in [0, 0.05) is 10.8 Å². The molecule has 0 amide bonds. The molecule has 2 rings (SSSR count). The first-order valence-corrected chi connectivity index (χ1v) is 3.44. The van der Waals surface area contributed by atoms with Crippen molar-refractivity contribution < 1.29 is 5.48 Å². The molecule has 0 aliphatic carbocycles. The van der Waals surface area contributed by atoms with Crippen LogP contribution in [0.4, 0.5) is 0 Å². The summed E-state index contributed by atoms with van der Waals surface area (Å²) in [6.45, 7) is 0. The molecule has 2 N–H and O–H groups in total. The molecule has 0 unspecified atom stereocenters. The van der Waals surface area contributed by atoms with Crippen LogP contribution in [-0.4, -0.2) is 5.48 Å². The molecule has 2 aromatic carbocycles. The maximum Gasteiger partial charge on any atom is 0.273 e. The minimum Gasteiger partial charge on any atom is -0.412 e. The molecule has 0 atom stereocenters. The lowest BCUT2D eigenvalue weighted by atomic mass is 10.2. The molecule has 0 saturated heterocycles. The predicted molar refractivity (Wildman–Crippen MR) is 48.7 cm³/mol. The molecule has 2 aromatic rings. The van der Waals surface area contributed by atoms with E-state index in [1.165, 1.54) is 12.1 Å². The summed E-state index contributed by atoms with van der Waals surface area (Å²) in [4.78, 5) is 32.9. The van der Waals surface area contributed by atoms with Crippen LogP contribution in [0.3, 0.4) is 0 Å². The number of benzene rings is 1. The van der Waals surface area contributed by atoms with Crippen LogP contribution in [0.1, 0.15) is 0 Å². The SMILES string of the molecule is O.O=c1c(=O)c2ccccc2c1=O. The van der Waals surface area contributed by atoms with E-state index in [-0.39, 0.29) is 16.2 Å². The van der Waals surface area contributed by atoms with E-state index in [1.54, 1.807) is 12.1 Å². The van der Waals surface area contributed by atoms with Gasteiger partial charge in [-0.3, -0.25) is 14.4 Å². The Morgan fingerprint density at radius 2 is 1.08 bits per heavy atom. The summed E-state index contributed by atoms with van der Waals surface area (Å²) in [5.41, 5.74) is -2.29. The average molecular weight is 178 g/mol. The van der Waals surface area contributed by atoms with Gasteiger partial charge in [0.25, 0.3) is 5.43 Å². The Morgan fingerprint density at radius 3 is 1.46 bits per heavy atom. The largest absolute Gasteiger partial charge is 0.412 e. The van der Waals surface area contributed by atoms with Crippen LogP contribution < -0.4 is 16.3 Å². The molecule has 0 heterocycles. The second kappa shape index (κ2) is 2.91. The fraction of sp³-hybridized carbons (Fsp3) is 0. The quantitative estimate of drug-likeness (QED) is 0.483. The van der Waals surface area contributed by atoms with Gasteiger partial charge in [0.15, 0.2) is 0 Å². The highest BCUT2D eigenvalue weighted by Crippen LogP contribution is 2.01. The van der Waals surface area contributed by atoms with Crippen molar-refractivity contribution >= 4 is 10.8 Å². The van der Waals surface area contributed by atoms with Crippen LogP contribution in [-0.2, 0) is 0 Å². The Balaban J connectivity index is 0.000000845. The second-order valence-electron chi connectivity index (χ2n) is 2.53. The molecule has 0 fully saturated rings. The van der Waals surface area contributed by atoms with Gasteiger partial charge < -0.3 is 5.48 Å². The van der Waals surface area contributed by atoms with Gasteiger partial charge in [0.05, 0.1) is 0 Å². The van der Waals surface area contributed by atoms with Crippen molar-refractivity contribution in [3.63, 3.8) is 0 Å². The third kappa shape index (κ3) is 1.08. The van der Waals surface area contributed by atoms with Crippen molar-refractivity contribution in [2.24, 2.45) is 0 Å². The summed E-state index contributed by atoms with van der Waals surface area (Å²) in [5, 5.41) is 0.458. The van der Waals surface area contributed by atoms with Crippen LogP contribution in [0.15, 0.2) is 38.6 Å².